The second-order valence-electron chi connectivity index (χ2n) is 4.18. The number of rotatable bonds is 3. The van der Waals surface area contributed by atoms with Gasteiger partial charge in [-0.2, -0.15) is 0 Å². The third kappa shape index (κ3) is 1.94. The summed E-state index contributed by atoms with van der Waals surface area (Å²) in [5, 5.41) is 9.75. The molecule has 1 saturated carbocycles. The van der Waals surface area contributed by atoms with Crippen molar-refractivity contribution in [3.8, 4) is 0 Å². The highest BCUT2D eigenvalue weighted by molar-refractivity contribution is 4.95. The van der Waals surface area contributed by atoms with Gasteiger partial charge in [-0.25, -0.2) is 0 Å². The van der Waals surface area contributed by atoms with Crippen molar-refractivity contribution in [2.75, 3.05) is 6.54 Å². The third-order valence-electron chi connectivity index (χ3n) is 2.84. The van der Waals surface area contributed by atoms with Gasteiger partial charge in [0.2, 0.25) is 0 Å². The summed E-state index contributed by atoms with van der Waals surface area (Å²) >= 11 is 0. The van der Waals surface area contributed by atoms with Crippen LogP contribution in [0.25, 0.3) is 0 Å². The Morgan fingerprint density at radius 1 is 1.55 bits per heavy atom. The minimum absolute atomic E-state index is 0.399. The topological polar surface area (TPSA) is 46.2 Å². The summed E-state index contributed by atoms with van der Waals surface area (Å²) in [5.41, 5.74) is 4.99. The zero-order chi connectivity index (χ0) is 8.48. The summed E-state index contributed by atoms with van der Waals surface area (Å²) in [6.07, 6.45) is 2.69. The van der Waals surface area contributed by atoms with Crippen molar-refractivity contribution >= 4 is 0 Å². The highest BCUT2D eigenvalue weighted by atomic mass is 16.3. The molecule has 0 atom stereocenters. The van der Waals surface area contributed by atoms with Crippen LogP contribution >= 0.6 is 0 Å². The van der Waals surface area contributed by atoms with Crippen LogP contribution in [0.2, 0.25) is 0 Å². The molecular weight excluding hydrogens is 138 g/mol. The fourth-order valence-electron chi connectivity index (χ4n) is 1.86. The molecule has 0 aliphatic heterocycles. The monoisotopic (exact) mass is 157 g/mol. The molecule has 0 aromatic rings. The molecule has 3 N–H and O–H groups in total. The highest BCUT2D eigenvalue weighted by Crippen LogP contribution is 2.43. The largest absolute Gasteiger partial charge is 0.390 e. The van der Waals surface area contributed by atoms with Crippen LogP contribution in [0.1, 0.15) is 33.1 Å². The maximum absolute atomic E-state index is 9.75. The van der Waals surface area contributed by atoms with E-state index in [1.807, 2.05) is 0 Å². The first-order valence-corrected chi connectivity index (χ1v) is 4.50. The fourth-order valence-corrected chi connectivity index (χ4v) is 1.86. The predicted octanol–water partition coefficient (Wildman–Crippen LogP) is 1.13. The van der Waals surface area contributed by atoms with E-state index >= 15 is 0 Å². The third-order valence-corrected chi connectivity index (χ3v) is 2.84. The van der Waals surface area contributed by atoms with Gasteiger partial charge in [0.25, 0.3) is 0 Å². The lowest BCUT2D eigenvalue weighted by atomic mass is 9.65. The SMILES string of the molecule is CC(C)C1CC(O)(CCN)C1. The van der Waals surface area contributed by atoms with E-state index in [4.69, 9.17) is 5.73 Å². The number of hydrogen-bond donors (Lipinski definition) is 2. The molecule has 66 valence electrons. The van der Waals surface area contributed by atoms with E-state index in [0.29, 0.717) is 12.5 Å². The minimum Gasteiger partial charge on any atom is -0.390 e. The van der Waals surface area contributed by atoms with Crippen LogP contribution in [0.3, 0.4) is 0 Å². The fraction of sp³-hybridized carbons (Fsp3) is 1.00. The Labute approximate surface area is 68.8 Å². The van der Waals surface area contributed by atoms with Gasteiger partial charge in [0.1, 0.15) is 0 Å². The summed E-state index contributed by atoms with van der Waals surface area (Å²) in [7, 11) is 0. The molecule has 0 aromatic heterocycles. The Kier molecular flexibility index (Phi) is 2.55. The maximum Gasteiger partial charge on any atom is 0.0665 e. The minimum atomic E-state index is -0.399. The molecule has 0 unspecified atom stereocenters. The molecule has 0 aromatic carbocycles. The van der Waals surface area contributed by atoms with E-state index in [1.54, 1.807) is 0 Å². The summed E-state index contributed by atoms with van der Waals surface area (Å²) in [4.78, 5) is 0. The van der Waals surface area contributed by atoms with E-state index in [9.17, 15) is 5.11 Å². The molecule has 0 radical (unpaired) electrons. The van der Waals surface area contributed by atoms with E-state index in [2.05, 4.69) is 13.8 Å². The lowest BCUT2D eigenvalue weighted by molar-refractivity contribution is -0.0904. The van der Waals surface area contributed by atoms with Crippen LogP contribution in [0, 0.1) is 11.8 Å². The van der Waals surface area contributed by atoms with Gasteiger partial charge in [0.15, 0.2) is 0 Å². The van der Waals surface area contributed by atoms with Gasteiger partial charge in [-0.05, 0) is 37.6 Å². The summed E-state index contributed by atoms with van der Waals surface area (Å²) in [6, 6.07) is 0. The van der Waals surface area contributed by atoms with Gasteiger partial charge in [0, 0.05) is 0 Å². The first kappa shape index (κ1) is 9.01. The normalized spacial score (nSPS) is 37.4. The molecule has 1 aliphatic rings. The van der Waals surface area contributed by atoms with Gasteiger partial charge in [-0.15, -0.1) is 0 Å². The smallest absolute Gasteiger partial charge is 0.0665 e. The van der Waals surface area contributed by atoms with Gasteiger partial charge in [0.05, 0.1) is 5.60 Å². The molecule has 1 aliphatic carbocycles. The van der Waals surface area contributed by atoms with Crippen molar-refractivity contribution < 1.29 is 5.11 Å². The molecule has 11 heavy (non-hydrogen) atoms. The quantitative estimate of drug-likeness (QED) is 0.645. The van der Waals surface area contributed by atoms with Crippen LogP contribution in [0.4, 0.5) is 0 Å². The van der Waals surface area contributed by atoms with Crippen LogP contribution < -0.4 is 5.73 Å². The van der Waals surface area contributed by atoms with E-state index in [-0.39, 0.29) is 0 Å². The summed E-state index contributed by atoms with van der Waals surface area (Å²) in [6.45, 7) is 5.04. The Morgan fingerprint density at radius 2 is 2.09 bits per heavy atom. The van der Waals surface area contributed by atoms with Gasteiger partial charge >= 0.3 is 0 Å². The van der Waals surface area contributed by atoms with Crippen molar-refractivity contribution in [3.63, 3.8) is 0 Å². The van der Waals surface area contributed by atoms with Crippen LogP contribution in [0.5, 0.6) is 0 Å². The molecule has 0 bridgehead atoms. The standard InChI is InChI=1S/C9H19NO/c1-7(2)8-5-9(11,6-8)3-4-10/h7-8,11H,3-6,10H2,1-2H3. The van der Waals surface area contributed by atoms with E-state index in [1.165, 1.54) is 0 Å². The summed E-state index contributed by atoms with van der Waals surface area (Å²) in [5.74, 6) is 1.44. The molecule has 0 spiro atoms. The highest BCUT2D eigenvalue weighted by Gasteiger charge is 2.42. The number of hydrogen-bond acceptors (Lipinski definition) is 2. The van der Waals surface area contributed by atoms with Gasteiger partial charge in [-0.1, -0.05) is 13.8 Å². The van der Waals surface area contributed by atoms with Gasteiger partial charge in [-0.3, -0.25) is 0 Å². The van der Waals surface area contributed by atoms with Crippen molar-refractivity contribution in [1.29, 1.82) is 0 Å². The second-order valence-corrected chi connectivity index (χ2v) is 4.18. The molecule has 1 fully saturated rings. The Balaban J connectivity index is 2.26. The molecule has 0 saturated heterocycles. The van der Waals surface area contributed by atoms with E-state index in [0.717, 1.165) is 25.2 Å². The average Bonchev–Trinajstić information content (AvgIpc) is 1.82. The molecule has 1 rings (SSSR count). The molecule has 2 heteroatoms. The number of nitrogens with two attached hydrogens (primary N) is 1. The zero-order valence-electron chi connectivity index (χ0n) is 7.51. The Bertz CT molecular complexity index is 128. The molecule has 2 nitrogen and oxygen atoms in total. The summed E-state index contributed by atoms with van der Waals surface area (Å²) < 4.78 is 0. The van der Waals surface area contributed by atoms with Crippen molar-refractivity contribution in [1.82, 2.24) is 0 Å². The Hall–Kier alpha value is -0.0800. The number of aliphatic hydroxyl groups is 1. The first-order chi connectivity index (χ1) is 5.07. The lowest BCUT2D eigenvalue weighted by Gasteiger charge is -2.45. The average molecular weight is 157 g/mol. The van der Waals surface area contributed by atoms with Crippen LogP contribution in [-0.2, 0) is 0 Å². The maximum atomic E-state index is 9.75. The van der Waals surface area contributed by atoms with Crippen molar-refractivity contribution in [2.45, 2.75) is 38.7 Å². The Morgan fingerprint density at radius 3 is 2.45 bits per heavy atom. The van der Waals surface area contributed by atoms with Gasteiger partial charge < -0.3 is 10.8 Å². The van der Waals surface area contributed by atoms with Crippen LogP contribution in [-0.4, -0.2) is 17.3 Å². The van der Waals surface area contributed by atoms with Crippen LogP contribution in [0.15, 0.2) is 0 Å². The molecule has 0 amide bonds. The first-order valence-electron chi connectivity index (χ1n) is 4.50. The lowest BCUT2D eigenvalue weighted by Crippen LogP contribution is -2.46. The predicted molar refractivity (Wildman–Crippen MR) is 46.2 cm³/mol. The zero-order valence-corrected chi connectivity index (χ0v) is 7.51. The second kappa shape index (κ2) is 3.11. The molecule has 0 heterocycles. The van der Waals surface area contributed by atoms with Crippen molar-refractivity contribution in [3.05, 3.63) is 0 Å². The van der Waals surface area contributed by atoms with Crippen molar-refractivity contribution in [2.24, 2.45) is 17.6 Å². The molecular formula is C9H19NO. The van der Waals surface area contributed by atoms with E-state index < -0.39 is 5.60 Å².